The molecule has 11 aromatic carbocycles. The average Bonchev–Trinajstić information content (AvgIpc) is 3.30. The average molecular weight is 735 g/mol. The Balaban J connectivity index is 1.19. The van der Waals surface area contributed by atoms with Gasteiger partial charge in [0.05, 0.1) is 0 Å². The zero-order valence-corrected chi connectivity index (χ0v) is 31.9. The molecule has 0 bridgehead atoms. The molecular formula is C58H38. The van der Waals surface area contributed by atoms with Crippen LogP contribution in [0.3, 0.4) is 0 Å². The van der Waals surface area contributed by atoms with E-state index in [2.05, 4.69) is 231 Å². The Hall–Kier alpha value is -7.54. The van der Waals surface area contributed by atoms with Crippen LogP contribution in [0, 0.1) is 0 Å². The van der Waals surface area contributed by atoms with Crippen LogP contribution >= 0.6 is 0 Å². The third-order valence-corrected chi connectivity index (χ3v) is 11.9. The van der Waals surface area contributed by atoms with Crippen molar-refractivity contribution in [2.45, 2.75) is 0 Å². The molecule has 0 radical (unpaired) electrons. The molecule has 11 rings (SSSR count). The molecule has 0 unspecified atom stereocenters. The van der Waals surface area contributed by atoms with Gasteiger partial charge in [0, 0.05) is 0 Å². The summed E-state index contributed by atoms with van der Waals surface area (Å²) in [6.07, 6.45) is 0. The SMILES string of the molecule is c1ccc(-c2cccc(-c3ccccc3-c3ccc(-c4ccc5ccccc5c4)c4ccc(-c5c6ccccc6c(-c6ccccc6)c6ccccc56)cc34)c2)cc1. The third-order valence-electron chi connectivity index (χ3n) is 11.9. The third kappa shape index (κ3) is 5.78. The van der Waals surface area contributed by atoms with E-state index in [1.54, 1.807) is 0 Å². The Kier molecular flexibility index (Phi) is 8.26. The first-order chi connectivity index (χ1) is 28.8. The van der Waals surface area contributed by atoms with Gasteiger partial charge in [0.15, 0.2) is 0 Å². The van der Waals surface area contributed by atoms with Crippen LogP contribution in [0.2, 0.25) is 0 Å². The van der Waals surface area contributed by atoms with Crippen LogP contribution in [0.4, 0.5) is 0 Å². The van der Waals surface area contributed by atoms with Gasteiger partial charge in [0.1, 0.15) is 0 Å². The maximum Gasteiger partial charge on any atom is -0.00261 e. The van der Waals surface area contributed by atoms with Crippen molar-refractivity contribution in [1.29, 1.82) is 0 Å². The van der Waals surface area contributed by atoms with Gasteiger partial charge in [-0.2, -0.15) is 0 Å². The minimum Gasteiger partial charge on any atom is -0.0622 e. The molecule has 58 heavy (non-hydrogen) atoms. The van der Waals surface area contributed by atoms with Crippen LogP contribution in [-0.2, 0) is 0 Å². The summed E-state index contributed by atoms with van der Waals surface area (Å²) >= 11 is 0. The van der Waals surface area contributed by atoms with Crippen molar-refractivity contribution in [3.8, 4) is 66.8 Å². The largest absolute Gasteiger partial charge is 0.0622 e. The highest BCUT2D eigenvalue weighted by molar-refractivity contribution is 6.22. The van der Waals surface area contributed by atoms with Gasteiger partial charge < -0.3 is 0 Å². The van der Waals surface area contributed by atoms with Crippen LogP contribution in [0.5, 0.6) is 0 Å². The minimum atomic E-state index is 1.20. The maximum atomic E-state index is 2.46. The summed E-state index contributed by atoms with van der Waals surface area (Å²) in [5, 5.41) is 9.99. The zero-order chi connectivity index (χ0) is 38.4. The second-order valence-electron chi connectivity index (χ2n) is 15.2. The second kappa shape index (κ2) is 14.2. The van der Waals surface area contributed by atoms with Crippen LogP contribution < -0.4 is 0 Å². The van der Waals surface area contributed by atoms with Gasteiger partial charge in [-0.25, -0.2) is 0 Å². The quantitative estimate of drug-likeness (QED) is 0.149. The number of fused-ring (bicyclic) bond motifs is 4. The maximum absolute atomic E-state index is 2.46. The van der Waals surface area contributed by atoms with Crippen LogP contribution in [0.25, 0.3) is 110 Å². The lowest BCUT2D eigenvalue weighted by Crippen LogP contribution is -1.93. The molecule has 0 aromatic heterocycles. The molecule has 11 aromatic rings. The highest BCUT2D eigenvalue weighted by Crippen LogP contribution is 2.46. The standard InChI is InChI=1S/C58H38/c1-3-16-39(17-4-1)43-22-15-23-44(36-43)47-24-9-10-25-49(47)51-35-34-48(45-31-30-40-18-7-8-21-42(40)37-45)50-33-32-46(38-56(50)51)58-54-28-13-11-26-52(54)57(41-19-5-2-6-20-41)53-27-12-14-29-55(53)58/h1-38H. The molecule has 0 aliphatic heterocycles. The predicted octanol–water partition coefficient (Wildman–Crippen LogP) is 16.3. The number of benzene rings is 11. The second-order valence-corrected chi connectivity index (χ2v) is 15.2. The fourth-order valence-electron chi connectivity index (χ4n) is 9.17. The van der Waals surface area contributed by atoms with Crippen LogP contribution in [-0.4, -0.2) is 0 Å². The molecule has 0 amide bonds. The molecule has 0 heteroatoms. The molecule has 0 spiro atoms. The van der Waals surface area contributed by atoms with Crippen molar-refractivity contribution in [3.05, 3.63) is 231 Å². The fraction of sp³-hybridized carbons (Fsp3) is 0. The summed E-state index contributed by atoms with van der Waals surface area (Å²) in [5.41, 5.74) is 14.7. The monoisotopic (exact) mass is 734 g/mol. The van der Waals surface area contributed by atoms with E-state index in [0.717, 1.165) is 0 Å². The van der Waals surface area contributed by atoms with Gasteiger partial charge in [-0.05, 0) is 128 Å². The molecule has 0 atom stereocenters. The Morgan fingerprint density at radius 3 is 1.38 bits per heavy atom. The molecule has 0 heterocycles. The first-order valence-electron chi connectivity index (χ1n) is 20.1. The van der Waals surface area contributed by atoms with Crippen molar-refractivity contribution in [3.63, 3.8) is 0 Å². The number of hydrogen-bond acceptors (Lipinski definition) is 0. The summed E-state index contributed by atoms with van der Waals surface area (Å²) in [4.78, 5) is 0. The zero-order valence-electron chi connectivity index (χ0n) is 31.9. The van der Waals surface area contributed by atoms with Crippen LogP contribution in [0.15, 0.2) is 231 Å². The Morgan fingerprint density at radius 2 is 0.672 bits per heavy atom. The normalized spacial score (nSPS) is 11.4. The van der Waals surface area contributed by atoms with Crippen molar-refractivity contribution < 1.29 is 0 Å². The smallest absolute Gasteiger partial charge is 0.00261 e. The van der Waals surface area contributed by atoms with Gasteiger partial charge in [0.25, 0.3) is 0 Å². The van der Waals surface area contributed by atoms with E-state index in [1.807, 2.05) is 0 Å². The molecule has 0 saturated heterocycles. The lowest BCUT2D eigenvalue weighted by molar-refractivity contribution is 1.57. The van der Waals surface area contributed by atoms with Crippen LogP contribution in [0.1, 0.15) is 0 Å². The van der Waals surface area contributed by atoms with E-state index in [-0.39, 0.29) is 0 Å². The topological polar surface area (TPSA) is 0 Å². The Labute approximate surface area is 339 Å². The number of hydrogen-bond donors (Lipinski definition) is 0. The Morgan fingerprint density at radius 1 is 0.172 bits per heavy atom. The highest BCUT2D eigenvalue weighted by Gasteiger charge is 2.19. The van der Waals surface area contributed by atoms with E-state index in [9.17, 15) is 0 Å². The highest BCUT2D eigenvalue weighted by atomic mass is 14.2. The van der Waals surface area contributed by atoms with E-state index < -0.39 is 0 Å². The van der Waals surface area contributed by atoms with Gasteiger partial charge in [-0.1, -0.05) is 212 Å². The molecule has 0 nitrogen and oxygen atoms in total. The summed E-state index contributed by atoms with van der Waals surface area (Å²) in [6.45, 7) is 0. The van der Waals surface area contributed by atoms with Crippen molar-refractivity contribution in [2.75, 3.05) is 0 Å². The summed E-state index contributed by atoms with van der Waals surface area (Å²) in [7, 11) is 0. The van der Waals surface area contributed by atoms with E-state index in [1.165, 1.54) is 110 Å². The van der Waals surface area contributed by atoms with Gasteiger partial charge >= 0.3 is 0 Å². The van der Waals surface area contributed by atoms with Crippen molar-refractivity contribution in [1.82, 2.24) is 0 Å². The molecule has 0 aliphatic rings. The van der Waals surface area contributed by atoms with Gasteiger partial charge in [-0.3, -0.25) is 0 Å². The summed E-state index contributed by atoms with van der Waals surface area (Å²) in [5.74, 6) is 0. The molecule has 0 saturated carbocycles. The molecular weight excluding hydrogens is 697 g/mol. The van der Waals surface area contributed by atoms with E-state index >= 15 is 0 Å². The Bertz CT molecular complexity index is 3260. The predicted molar refractivity (Wildman–Crippen MR) is 249 cm³/mol. The van der Waals surface area contributed by atoms with E-state index in [0.29, 0.717) is 0 Å². The van der Waals surface area contributed by atoms with Gasteiger partial charge in [-0.15, -0.1) is 0 Å². The first kappa shape index (κ1) is 33.8. The molecule has 0 N–H and O–H groups in total. The lowest BCUT2D eigenvalue weighted by Gasteiger charge is -2.20. The minimum absolute atomic E-state index is 1.20. The van der Waals surface area contributed by atoms with Crippen molar-refractivity contribution in [2.24, 2.45) is 0 Å². The molecule has 270 valence electrons. The first-order valence-corrected chi connectivity index (χ1v) is 20.1. The molecule has 0 aliphatic carbocycles. The van der Waals surface area contributed by atoms with Gasteiger partial charge in [0.2, 0.25) is 0 Å². The number of rotatable bonds is 6. The van der Waals surface area contributed by atoms with Crippen molar-refractivity contribution >= 4 is 43.1 Å². The summed E-state index contributed by atoms with van der Waals surface area (Å²) in [6, 6.07) is 84.6. The van der Waals surface area contributed by atoms with E-state index in [4.69, 9.17) is 0 Å². The lowest BCUT2D eigenvalue weighted by atomic mass is 9.84. The summed E-state index contributed by atoms with van der Waals surface area (Å²) < 4.78 is 0. The molecule has 0 fully saturated rings. The fourth-order valence-corrected chi connectivity index (χ4v) is 9.17.